The molecule has 11 aromatic carbocycles. The third-order valence-corrected chi connectivity index (χ3v) is 14.4. The summed E-state index contributed by atoms with van der Waals surface area (Å²) < 4.78 is 5.25. The third kappa shape index (κ3) is 4.38. The van der Waals surface area contributed by atoms with Crippen molar-refractivity contribution in [2.45, 2.75) is 0 Å². The van der Waals surface area contributed by atoms with Gasteiger partial charge in [0.25, 0.3) is 6.71 Å². The Morgan fingerprint density at radius 1 is 0.270 bits per heavy atom. The van der Waals surface area contributed by atoms with E-state index in [4.69, 9.17) is 0 Å². The number of rotatable bonds is 3. The summed E-state index contributed by atoms with van der Waals surface area (Å²) in [4.78, 5) is 0. The topological polar surface area (TPSA) is 9.86 Å². The maximum atomic E-state index is 2.66. The third-order valence-electron chi connectivity index (χ3n) is 14.4. The molecule has 2 aromatic heterocycles. The molecule has 0 N–H and O–H groups in total. The van der Waals surface area contributed by atoms with E-state index in [0.29, 0.717) is 0 Å². The molecule has 0 amide bonds. The fraction of sp³-hybridized carbons (Fsp3) is 0. The Labute approximate surface area is 363 Å². The molecule has 0 aliphatic carbocycles. The van der Waals surface area contributed by atoms with E-state index in [0.717, 1.165) is 0 Å². The lowest BCUT2D eigenvalue weighted by molar-refractivity contribution is 1.15. The Kier molecular flexibility index (Phi) is 6.53. The number of nitrogens with zero attached hydrogens (tertiary/aromatic N) is 2. The van der Waals surface area contributed by atoms with Gasteiger partial charge in [-0.05, 0) is 113 Å². The van der Waals surface area contributed by atoms with Gasteiger partial charge in [-0.3, -0.25) is 0 Å². The normalized spacial score (nSPS) is 12.7. The van der Waals surface area contributed by atoms with E-state index in [1.165, 1.54) is 137 Å². The Morgan fingerprint density at radius 3 is 1.35 bits per heavy atom. The van der Waals surface area contributed by atoms with Crippen molar-refractivity contribution in [1.82, 2.24) is 9.13 Å². The molecular weight excluding hydrogens is 759 g/mol. The van der Waals surface area contributed by atoms with Gasteiger partial charge in [-0.2, -0.15) is 0 Å². The standard InChI is InChI=1S/C60H35BN2/c1-4-15-36(16-5-1)39-27-30-53-48(31-39)50-33-41(38-19-8-3-9-20-38)34-51-58(50)62(53)54-25-14-26-55-57(54)61(51)52-35-40(37-17-6-2-7-18-37)32-49-47-29-28-46-44-23-11-10-21-42(44)43-22-12-13-24-45(43)56(46)60(47)63(55)59(49)52/h1-35H. The summed E-state index contributed by atoms with van der Waals surface area (Å²) in [7, 11) is 0. The van der Waals surface area contributed by atoms with Crippen LogP contribution in [0.2, 0.25) is 0 Å². The molecule has 0 fully saturated rings. The molecule has 0 radical (unpaired) electrons. The summed E-state index contributed by atoms with van der Waals surface area (Å²) in [5.41, 5.74) is 19.1. The van der Waals surface area contributed by atoms with Gasteiger partial charge in [-0.15, -0.1) is 0 Å². The predicted molar refractivity (Wildman–Crippen MR) is 269 cm³/mol. The van der Waals surface area contributed by atoms with Crippen LogP contribution in [0.4, 0.5) is 0 Å². The van der Waals surface area contributed by atoms with E-state index >= 15 is 0 Å². The SMILES string of the molecule is c1ccc(-c2ccc3c(c2)c2cc(-c4ccccc4)cc4c2n3-c2cccc3c2B4c2cc(-c4ccccc4)cc4c5ccc6c7ccccc7c7ccccc7c6c5n-3c24)cc1. The van der Waals surface area contributed by atoms with Crippen molar-refractivity contribution in [3.8, 4) is 44.8 Å². The van der Waals surface area contributed by atoms with E-state index < -0.39 is 0 Å². The van der Waals surface area contributed by atoms with Gasteiger partial charge in [0, 0.05) is 49.3 Å². The maximum Gasteiger partial charge on any atom is 0.252 e. The first-order chi connectivity index (χ1) is 31.3. The van der Waals surface area contributed by atoms with Gasteiger partial charge in [0.1, 0.15) is 0 Å². The summed E-state index contributed by atoms with van der Waals surface area (Å²) in [5, 5.41) is 12.9. The van der Waals surface area contributed by atoms with Crippen molar-refractivity contribution >= 4 is 99.0 Å². The second-order valence-corrected chi connectivity index (χ2v) is 17.5. The lowest BCUT2D eigenvalue weighted by atomic mass is 9.34. The number of benzene rings is 11. The average Bonchev–Trinajstić information content (AvgIpc) is 3.88. The zero-order valence-corrected chi connectivity index (χ0v) is 34.2. The smallest absolute Gasteiger partial charge is 0.252 e. The molecule has 0 unspecified atom stereocenters. The fourth-order valence-corrected chi connectivity index (χ4v) is 11.9. The summed E-state index contributed by atoms with van der Waals surface area (Å²) >= 11 is 0. The Morgan fingerprint density at radius 2 is 0.730 bits per heavy atom. The Balaban J connectivity index is 1.15. The molecule has 288 valence electrons. The Hall–Kier alpha value is -8.14. The fourth-order valence-electron chi connectivity index (χ4n) is 11.9. The number of hydrogen-bond acceptors (Lipinski definition) is 0. The molecule has 2 aliphatic heterocycles. The molecule has 2 aliphatic rings. The van der Waals surface area contributed by atoms with Crippen LogP contribution in [0.15, 0.2) is 212 Å². The van der Waals surface area contributed by atoms with Gasteiger partial charge in [0.15, 0.2) is 0 Å². The number of fused-ring (bicyclic) bond motifs is 17. The molecular formula is C60H35BN2. The minimum absolute atomic E-state index is 0.000388. The van der Waals surface area contributed by atoms with E-state index in [1.54, 1.807) is 0 Å². The highest BCUT2D eigenvalue weighted by Gasteiger charge is 2.41. The highest BCUT2D eigenvalue weighted by atomic mass is 15.0. The first kappa shape index (κ1) is 33.6. The van der Waals surface area contributed by atoms with Crippen molar-refractivity contribution in [2.75, 3.05) is 0 Å². The molecule has 0 atom stereocenters. The highest BCUT2D eigenvalue weighted by molar-refractivity contribution is 7.00. The lowest BCUT2D eigenvalue weighted by Crippen LogP contribution is -2.59. The van der Waals surface area contributed by atoms with Crippen LogP contribution >= 0.6 is 0 Å². The Bertz CT molecular complexity index is 4090. The van der Waals surface area contributed by atoms with Gasteiger partial charge in [0.2, 0.25) is 0 Å². The predicted octanol–water partition coefficient (Wildman–Crippen LogP) is 13.5. The summed E-state index contributed by atoms with van der Waals surface area (Å²) in [6, 6.07) is 79.7. The molecule has 15 rings (SSSR count). The summed E-state index contributed by atoms with van der Waals surface area (Å²) in [5.74, 6) is 0. The van der Waals surface area contributed by atoms with Crippen LogP contribution in [0.25, 0.3) is 121 Å². The zero-order chi connectivity index (χ0) is 40.9. The van der Waals surface area contributed by atoms with Crippen LogP contribution in [0.5, 0.6) is 0 Å². The van der Waals surface area contributed by atoms with Crippen LogP contribution in [0.3, 0.4) is 0 Å². The van der Waals surface area contributed by atoms with Crippen molar-refractivity contribution in [1.29, 1.82) is 0 Å². The quantitative estimate of drug-likeness (QED) is 0.125. The van der Waals surface area contributed by atoms with Gasteiger partial charge >= 0.3 is 0 Å². The van der Waals surface area contributed by atoms with Gasteiger partial charge in [-0.25, -0.2) is 0 Å². The minimum Gasteiger partial charge on any atom is -0.310 e. The molecule has 0 spiro atoms. The van der Waals surface area contributed by atoms with Crippen LogP contribution in [-0.4, -0.2) is 15.8 Å². The molecule has 0 bridgehead atoms. The lowest BCUT2D eigenvalue weighted by Gasteiger charge is -2.34. The van der Waals surface area contributed by atoms with Gasteiger partial charge in [0.05, 0.1) is 11.0 Å². The van der Waals surface area contributed by atoms with Crippen molar-refractivity contribution in [3.63, 3.8) is 0 Å². The second-order valence-electron chi connectivity index (χ2n) is 17.5. The number of aromatic nitrogens is 2. The van der Waals surface area contributed by atoms with Crippen molar-refractivity contribution < 1.29 is 0 Å². The van der Waals surface area contributed by atoms with Crippen molar-refractivity contribution in [2.24, 2.45) is 0 Å². The van der Waals surface area contributed by atoms with Gasteiger partial charge in [-0.1, -0.05) is 176 Å². The van der Waals surface area contributed by atoms with E-state index in [1.807, 2.05) is 0 Å². The highest BCUT2D eigenvalue weighted by Crippen LogP contribution is 2.46. The van der Waals surface area contributed by atoms with E-state index in [-0.39, 0.29) is 6.71 Å². The largest absolute Gasteiger partial charge is 0.310 e. The van der Waals surface area contributed by atoms with Crippen molar-refractivity contribution in [3.05, 3.63) is 212 Å². The zero-order valence-electron chi connectivity index (χ0n) is 34.2. The first-order valence-electron chi connectivity index (χ1n) is 22.0. The van der Waals surface area contributed by atoms with E-state index in [2.05, 4.69) is 221 Å². The van der Waals surface area contributed by atoms with Gasteiger partial charge < -0.3 is 9.13 Å². The average molecular weight is 795 g/mol. The van der Waals surface area contributed by atoms with Crippen LogP contribution < -0.4 is 16.4 Å². The molecule has 0 saturated heterocycles. The summed E-state index contributed by atoms with van der Waals surface area (Å²) in [6.45, 7) is -0.000388. The monoisotopic (exact) mass is 794 g/mol. The first-order valence-corrected chi connectivity index (χ1v) is 22.0. The molecule has 3 heteroatoms. The molecule has 0 saturated carbocycles. The van der Waals surface area contributed by atoms with E-state index in [9.17, 15) is 0 Å². The maximum absolute atomic E-state index is 2.66. The molecule has 13 aromatic rings. The second kappa shape index (κ2) is 12.2. The molecule has 4 heterocycles. The number of hydrogen-bond donors (Lipinski definition) is 0. The summed E-state index contributed by atoms with van der Waals surface area (Å²) in [6.07, 6.45) is 0. The van der Waals surface area contributed by atoms with Crippen LogP contribution in [0.1, 0.15) is 0 Å². The van der Waals surface area contributed by atoms with Crippen LogP contribution in [-0.2, 0) is 0 Å². The molecule has 2 nitrogen and oxygen atoms in total. The van der Waals surface area contributed by atoms with Crippen LogP contribution in [0, 0.1) is 0 Å². The molecule has 63 heavy (non-hydrogen) atoms. The minimum atomic E-state index is -0.000388.